The first-order valence-electron chi connectivity index (χ1n) is 7.16. The first kappa shape index (κ1) is 17.9. The molecule has 1 rings (SSSR count). The largest absolute Gasteiger partial charge is 0.382 e. The Balaban J connectivity index is 2.60. The average Bonchev–Trinajstić information content (AvgIpc) is 2.44. The van der Waals surface area contributed by atoms with Crippen molar-refractivity contribution < 1.29 is 14.6 Å². The van der Waals surface area contributed by atoms with Gasteiger partial charge in [0.2, 0.25) is 0 Å². The summed E-state index contributed by atoms with van der Waals surface area (Å²) in [5.74, 6) is 5.71. The second-order valence-corrected chi connectivity index (χ2v) is 11.0. The first-order valence-corrected chi connectivity index (χ1v) is 10.4. The van der Waals surface area contributed by atoms with E-state index in [0.717, 1.165) is 5.56 Å². The average molecular weight is 306 g/mol. The van der Waals surface area contributed by atoms with Crippen molar-refractivity contribution in [3.05, 3.63) is 35.9 Å². The van der Waals surface area contributed by atoms with Crippen molar-refractivity contribution >= 4 is 8.07 Å². The topological polar surface area (TPSA) is 38.7 Å². The van der Waals surface area contributed by atoms with E-state index in [2.05, 4.69) is 24.9 Å². The predicted molar refractivity (Wildman–Crippen MR) is 88.6 cm³/mol. The van der Waals surface area contributed by atoms with Gasteiger partial charge in [0, 0.05) is 13.3 Å². The van der Waals surface area contributed by atoms with Crippen molar-refractivity contribution in [3.63, 3.8) is 0 Å². The highest BCUT2D eigenvalue weighted by molar-refractivity contribution is 6.80. The molecule has 0 saturated carbocycles. The summed E-state index contributed by atoms with van der Waals surface area (Å²) in [7, 11) is -0.345. The third kappa shape index (κ3) is 4.97. The van der Waals surface area contributed by atoms with Crippen molar-refractivity contribution in [3.8, 4) is 11.8 Å². The van der Waals surface area contributed by atoms with Crippen LogP contribution in [-0.2, 0) is 9.47 Å². The van der Waals surface area contributed by atoms with Crippen molar-refractivity contribution in [1.82, 2.24) is 0 Å². The van der Waals surface area contributed by atoms with Crippen LogP contribution in [-0.4, -0.2) is 38.4 Å². The summed E-state index contributed by atoms with van der Waals surface area (Å²) in [5.41, 5.74) is 1.10. The molecule has 3 nitrogen and oxygen atoms in total. The normalized spacial score (nSPS) is 15.7. The molecule has 1 aromatic carbocycles. The van der Waals surface area contributed by atoms with Crippen LogP contribution in [0.25, 0.3) is 0 Å². The van der Waals surface area contributed by atoms with Gasteiger partial charge < -0.3 is 14.6 Å². The fraction of sp³-hybridized carbons (Fsp3) is 0.529. The summed E-state index contributed by atoms with van der Waals surface area (Å²) in [6.45, 7) is 8.18. The van der Waals surface area contributed by atoms with Crippen LogP contribution in [0.3, 0.4) is 0 Å². The molecule has 0 fully saturated rings. The molecule has 1 aromatic rings. The summed E-state index contributed by atoms with van der Waals surface area (Å²) in [6, 6.07) is 10.0. The second-order valence-electron chi connectivity index (χ2n) is 5.98. The molecule has 0 aromatic heterocycles. The van der Waals surface area contributed by atoms with Crippen LogP contribution in [0, 0.1) is 11.8 Å². The number of ether oxygens (including phenoxy) is 2. The van der Waals surface area contributed by atoms with Crippen molar-refractivity contribution in [2.24, 2.45) is 0 Å². The van der Waals surface area contributed by atoms with Gasteiger partial charge in [0.05, 0.1) is 6.61 Å². The van der Waals surface area contributed by atoms with Gasteiger partial charge in [-0.15, -0.1) is 5.92 Å². The quantitative estimate of drug-likeness (QED) is 0.622. The van der Waals surface area contributed by atoms with E-state index in [1.54, 1.807) is 21.0 Å². The Morgan fingerprint density at radius 3 is 2.43 bits per heavy atom. The molecule has 116 valence electrons. The van der Waals surface area contributed by atoms with E-state index >= 15 is 0 Å². The number of benzene rings is 1. The highest BCUT2D eigenvalue weighted by Gasteiger charge is 2.40. The van der Waals surface area contributed by atoms with E-state index in [9.17, 15) is 5.11 Å². The first-order chi connectivity index (χ1) is 9.84. The third-order valence-corrected chi connectivity index (χ3v) is 7.56. The third-order valence-electron chi connectivity index (χ3n) is 3.87. The van der Waals surface area contributed by atoms with Crippen LogP contribution in [0.1, 0.15) is 25.5 Å². The fourth-order valence-corrected chi connectivity index (χ4v) is 3.31. The molecule has 0 aliphatic carbocycles. The molecule has 0 aliphatic rings. The van der Waals surface area contributed by atoms with Gasteiger partial charge in [0.15, 0.2) is 0 Å². The maximum Gasteiger partial charge on any atom is 0.129 e. The highest BCUT2D eigenvalue weighted by Crippen LogP contribution is 2.22. The Labute approximate surface area is 129 Å². The molecule has 0 heterocycles. The number of hydrogen-bond acceptors (Lipinski definition) is 3. The smallest absolute Gasteiger partial charge is 0.129 e. The van der Waals surface area contributed by atoms with Crippen molar-refractivity contribution in [2.75, 3.05) is 19.9 Å². The molecule has 4 heteroatoms. The SMILES string of the molecule is CC#C[C@@](C)(O)[Si](C)(C)COC[C@@H](OC)c1ccccc1. The van der Waals surface area contributed by atoms with Gasteiger partial charge in [0.1, 0.15) is 19.4 Å². The standard InChI is InChI=1S/C17H26O3Si/c1-6-12-17(2,18)21(4,5)14-20-13-16(19-3)15-10-8-7-9-11-15/h7-11,16,18H,13-14H2,1-5H3/t16-,17+/m1/s1. The molecular weight excluding hydrogens is 280 g/mol. The number of hydrogen-bond donors (Lipinski definition) is 1. The Morgan fingerprint density at radius 1 is 1.29 bits per heavy atom. The Kier molecular flexibility index (Phi) is 6.63. The van der Waals surface area contributed by atoms with E-state index in [0.29, 0.717) is 12.8 Å². The number of rotatable bonds is 7. The minimum Gasteiger partial charge on any atom is -0.382 e. The Hall–Kier alpha value is -1.12. The van der Waals surface area contributed by atoms with E-state index in [4.69, 9.17) is 9.47 Å². The molecule has 0 unspecified atom stereocenters. The Morgan fingerprint density at radius 2 is 1.90 bits per heavy atom. The maximum absolute atomic E-state index is 10.5. The van der Waals surface area contributed by atoms with Crippen LogP contribution < -0.4 is 0 Å². The molecule has 21 heavy (non-hydrogen) atoms. The summed E-state index contributed by atoms with van der Waals surface area (Å²) >= 11 is 0. The van der Waals surface area contributed by atoms with Crippen molar-refractivity contribution in [2.45, 2.75) is 38.3 Å². The van der Waals surface area contributed by atoms with Gasteiger partial charge in [0.25, 0.3) is 0 Å². The van der Waals surface area contributed by atoms with Crippen LogP contribution in [0.4, 0.5) is 0 Å². The molecule has 0 saturated heterocycles. The van der Waals surface area contributed by atoms with Crippen LogP contribution in [0.5, 0.6) is 0 Å². The zero-order valence-electron chi connectivity index (χ0n) is 13.6. The summed E-state index contributed by atoms with van der Waals surface area (Å²) in [6.07, 6.45) is 0.458. The predicted octanol–water partition coefficient (Wildman–Crippen LogP) is 2.95. The lowest BCUT2D eigenvalue weighted by Crippen LogP contribution is -2.55. The van der Waals surface area contributed by atoms with E-state index in [1.165, 1.54) is 0 Å². The number of methoxy groups -OCH3 is 1. The monoisotopic (exact) mass is 306 g/mol. The van der Waals surface area contributed by atoms with E-state index in [-0.39, 0.29) is 6.10 Å². The van der Waals surface area contributed by atoms with Crippen LogP contribution in [0.2, 0.25) is 13.1 Å². The second kappa shape index (κ2) is 7.76. The van der Waals surface area contributed by atoms with Gasteiger partial charge in [-0.25, -0.2) is 0 Å². The zero-order chi connectivity index (χ0) is 15.9. The maximum atomic E-state index is 10.5. The minimum absolute atomic E-state index is 0.0850. The lowest BCUT2D eigenvalue weighted by molar-refractivity contribution is 0.0178. The van der Waals surface area contributed by atoms with E-state index in [1.807, 2.05) is 30.3 Å². The molecule has 0 spiro atoms. The highest BCUT2D eigenvalue weighted by atomic mass is 28.3. The summed E-state index contributed by atoms with van der Waals surface area (Å²) in [5, 5.41) is 9.51. The lowest BCUT2D eigenvalue weighted by Gasteiger charge is -2.34. The molecular formula is C17H26O3Si. The zero-order valence-corrected chi connectivity index (χ0v) is 14.6. The Bertz CT molecular complexity index is 486. The van der Waals surface area contributed by atoms with Gasteiger partial charge in [-0.05, 0) is 19.4 Å². The lowest BCUT2D eigenvalue weighted by atomic mass is 10.1. The molecule has 1 N–H and O–H groups in total. The molecule has 0 aliphatic heterocycles. The van der Waals surface area contributed by atoms with Gasteiger partial charge in [-0.3, -0.25) is 0 Å². The van der Waals surface area contributed by atoms with E-state index < -0.39 is 13.3 Å². The number of aliphatic hydroxyl groups is 1. The van der Waals surface area contributed by atoms with Crippen LogP contribution in [0.15, 0.2) is 30.3 Å². The van der Waals surface area contributed by atoms with Gasteiger partial charge in [-0.1, -0.05) is 49.3 Å². The van der Waals surface area contributed by atoms with Gasteiger partial charge >= 0.3 is 0 Å². The molecule has 0 bridgehead atoms. The minimum atomic E-state index is -2.03. The molecule has 2 atom stereocenters. The molecule has 0 amide bonds. The van der Waals surface area contributed by atoms with Gasteiger partial charge in [-0.2, -0.15) is 0 Å². The summed E-state index contributed by atoms with van der Waals surface area (Å²) in [4.78, 5) is 0. The fourth-order valence-electron chi connectivity index (χ4n) is 1.94. The molecule has 0 radical (unpaired) electrons. The van der Waals surface area contributed by atoms with Crippen molar-refractivity contribution in [1.29, 1.82) is 0 Å². The van der Waals surface area contributed by atoms with Crippen LogP contribution >= 0.6 is 0 Å². The summed E-state index contributed by atoms with van der Waals surface area (Å²) < 4.78 is 11.3.